The maximum Gasteiger partial charge on any atom is 0.410 e. The predicted octanol–water partition coefficient (Wildman–Crippen LogP) is 7.06. The Labute approximate surface area is 247 Å². The second-order valence-corrected chi connectivity index (χ2v) is 19.2. The van der Waals surface area contributed by atoms with E-state index in [0.29, 0.717) is 30.5 Å². The number of amides is 3. The van der Waals surface area contributed by atoms with Gasteiger partial charge in [-0.05, 0) is 81.6 Å². The quantitative estimate of drug-likeness (QED) is 0.253. The highest BCUT2D eigenvalue weighted by atomic mass is 79.9. The van der Waals surface area contributed by atoms with Crippen LogP contribution in [-0.4, -0.2) is 66.4 Å². The lowest BCUT2D eigenvalue weighted by molar-refractivity contribution is 0.00107. The van der Waals surface area contributed by atoms with Crippen LogP contribution in [-0.2, 0) is 15.6 Å². The largest absolute Gasteiger partial charge is 0.444 e. The molecule has 216 valence electrons. The minimum Gasteiger partial charge on any atom is -0.444 e. The van der Waals surface area contributed by atoms with E-state index in [1.165, 1.54) is 4.90 Å². The summed E-state index contributed by atoms with van der Waals surface area (Å²) < 4.78 is 13.7. The molecule has 1 saturated heterocycles. The SMILES string of the molecule is CC(C)(C)OC(=O)N1C[C@@H](O[Si](C)(C)C(C)(C)C)C[C@@]1(Cc1ccc(Br)cc1)CN1C(=O)c2ccccc2C1=O. The Morgan fingerprint density at radius 2 is 1.52 bits per heavy atom. The van der Waals surface area contributed by atoms with Gasteiger partial charge in [0.1, 0.15) is 5.60 Å². The predicted molar refractivity (Wildman–Crippen MR) is 162 cm³/mol. The first kappa shape index (κ1) is 30.5. The number of likely N-dealkylation sites (tertiary alicyclic amines) is 1. The fraction of sp³-hybridized carbons (Fsp3) is 0.516. The Balaban J connectivity index is 1.79. The van der Waals surface area contributed by atoms with Gasteiger partial charge in [0.05, 0.1) is 29.3 Å². The zero-order chi connectivity index (χ0) is 29.7. The van der Waals surface area contributed by atoms with Crippen LogP contribution in [0.2, 0.25) is 18.1 Å². The zero-order valence-electron chi connectivity index (χ0n) is 24.8. The van der Waals surface area contributed by atoms with Gasteiger partial charge in [0, 0.05) is 11.0 Å². The van der Waals surface area contributed by atoms with Gasteiger partial charge in [-0.15, -0.1) is 0 Å². The van der Waals surface area contributed by atoms with E-state index in [2.05, 4.69) is 49.8 Å². The van der Waals surface area contributed by atoms with E-state index in [9.17, 15) is 14.4 Å². The van der Waals surface area contributed by atoms with Crippen LogP contribution in [0.15, 0.2) is 53.0 Å². The summed E-state index contributed by atoms with van der Waals surface area (Å²) in [5.74, 6) is -0.678. The van der Waals surface area contributed by atoms with Gasteiger partial charge in [-0.2, -0.15) is 0 Å². The van der Waals surface area contributed by atoms with Crippen molar-refractivity contribution in [1.29, 1.82) is 0 Å². The van der Waals surface area contributed by atoms with Gasteiger partial charge in [0.2, 0.25) is 0 Å². The molecule has 0 N–H and O–H groups in total. The van der Waals surface area contributed by atoms with Gasteiger partial charge >= 0.3 is 6.09 Å². The summed E-state index contributed by atoms with van der Waals surface area (Å²) in [6.45, 7) is 16.8. The van der Waals surface area contributed by atoms with Crippen LogP contribution in [0.5, 0.6) is 0 Å². The van der Waals surface area contributed by atoms with Crippen LogP contribution >= 0.6 is 15.9 Å². The van der Waals surface area contributed by atoms with Crippen LogP contribution in [0.4, 0.5) is 4.79 Å². The lowest BCUT2D eigenvalue weighted by Crippen LogP contribution is -2.57. The van der Waals surface area contributed by atoms with E-state index in [-0.39, 0.29) is 29.5 Å². The number of fused-ring (bicyclic) bond motifs is 1. The maximum atomic E-state index is 13.8. The lowest BCUT2D eigenvalue weighted by Gasteiger charge is -2.41. The average Bonchev–Trinajstić information content (AvgIpc) is 3.29. The normalized spacial score (nSPS) is 21.7. The summed E-state index contributed by atoms with van der Waals surface area (Å²) in [4.78, 5) is 43.9. The van der Waals surface area contributed by atoms with Gasteiger partial charge in [-0.25, -0.2) is 4.79 Å². The van der Waals surface area contributed by atoms with Crippen LogP contribution in [0.3, 0.4) is 0 Å². The molecule has 0 saturated carbocycles. The van der Waals surface area contributed by atoms with E-state index in [0.717, 1.165) is 10.0 Å². The number of carbonyl (C=O) groups excluding carboxylic acids is 3. The van der Waals surface area contributed by atoms with E-state index >= 15 is 0 Å². The number of hydrogen-bond acceptors (Lipinski definition) is 5. The van der Waals surface area contributed by atoms with Crippen molar-refractivity contribution in [3.63, 3.8) is 0 Å². The molecule has 2 aromatic rings. The summed E-state index contributed by atoms with van der Waals surface area (Å²) in [6, 6.07) is 14.8. The van der Waals surface area contributed by atoms with Crippen molar-refractivity contribution >= 4 is 42.2 Å². The number of ether oxygens (including phenoxy) is 1. The Hall–Kier alpha value is -2.49. The third-order valence-electron chi connectivity index (χ3n) is 8.22. The molecule has 0 aromatic heterocycles. The Morgan fingerprint density at radius 1 is 0.975 bits per heavy atom. The molecular weight excluding hydrogens is 588 g/mol. The van der Waals surface area contributed by atoms with Gasteiger partial charge in [0.15, 0.2) is 8.32 Å². The molecule has 2 aliphatic rings. The zero-order valence-corrected chi connectivity index (χ0v) is 27.4. The second kappa shape index (κ2) is 10.7. The summed E-state index contributed by atoms with van der Waals surface area (Å²) in [6.07, 6.45) is 0.175. The third kappa shape index (κ3) is 6.21. The number of halogens is 1. The molecule has 0 spiro atoms. The first-order chi connectivity index (χ1) is 18.4. The van der Waals surface area contributed by atoms with Gasteiger partial charge in [0.25, 0.3) is 11.8 Å². The average molecular weight is 630 g/mol. The molecule has 0 radical (unpaired) electrons. The molecule has 2 aliphatic heterocycles. The molecular formula is C31H41BrN2O5Si. The molecule has 2 aromatic carbocycles. The summed E-state index contributed by atoms with van der Waals surface area (Å²) in [7, 11) is -2.20. The van der Waals surface area contributed by atoms with Gasteiger partial charge in [-0.1, -0.05) is 61.0 Å². The van der Waals surface area contributed by atoms with Crippen LogP contribution in [0.25, 0.3) is 0 Å². The maximum absolute atomic E-state index is 13.8. The number of nitrogens with zero attached hydrogens (tertiary/aromatic N) is 2. The summed E-state index contributed by atoms with van der Waals surface area (Å²) >= 11 is 3.51. The van der Waals surface area contributed by atoms with Crippen LogP contribution < -0.4 is 0 Å². The van der Waals surface area contributed by atoms with Crippen molar-refractivity contribution < 1.29 is 23.5 Å². The molecule has 1 fully saturated rings. The highest BCUT2D eigenvalue weighted by Gasteiger charge is 2.54. The fourth-order valence-corrected chi connectivity index (χ4v) is 6.90. The standard InChI is InChI=1S/C31H41BrN2O5Si/c1-29(2,3)38-28(37)34-19-23(39-40(7,8)30(4,5)6)18-31(34,17-21-13-15-22(32)16-14-21)20-33-26(35)24-11-9-10-12-25(24)27(33)36/h9-16,23H,17-20H2,1-8H3/t23-,31-/m0/s1. The summed E-state index contributed by atoms with van der Waals surface area (Å²) in [5, 5.41) is -0.0246. The molecule has 40 heavy (non-hydrogen) atoms. The van der Waals surface area contributed by atoms with Crippen molar-refractivity contribution in [3.8, 4) is 0 Å². The number of carbonyl (C=O) groups is 3. The Kier molecular flexibility index (Phi) is 8.17. The molecule has 2 atom stereocenters. The molecule has 0 bridgehead atoms. The molecule has 2 heterocycles. The molecule has 3 amide bonds. The van der Waals surface area contributed by atoms with Crippen LogP contribution in [0.1, 0.15) is 74.2 Å². The van der Waals surface area contributed by atoms with Crippen LogP contribution in [0, 0.1) is 0 Å². The highest BCUT2D eigenvalue weighted by Crippen LogP contribution is 2.43. The first-order valence-electron chi connectivity index (χ1n) is 13.8. The molecule has 0 unspecified atom stereocenters. The molecule has 4 rings (SSSR count). The minimum atomic E-state index is -2.20. The summed E-state index contributed by atoms with van der Waals surface area (Å²) in [5.41, 5.74) is 0.135. The fourth-order valence-electron chi connectivity index (χ4n) is 5.29. The van der Waals surface area contributed by atoms with Gasteiger partial charge < -0.3 is 9.16 Å². The lowest BCUT2D eigenvalue weighted by atomic mass is 9.87. The third-order valence-corrected chi connectivity index (χ3v) is 13.3. The van der Waals surface area contributed by atoms with E-state index in [1.54, 1.807) is 29.2 Å². The van der Waals surface area contributed by atoms with E-state index < -0.39 is 25.6 Å². The minimum absolute atomic E-state index is 0.0246. The monoisotopic (exact) mass is 628 g/mol. The van der Waals surface area contributed by atoms with Crippen molar-refractivity contribution in [2.24, 2.45) is 0 Å². The van der Waals surface area contributed by atoms with Crippen molar-refractivity contribution in [2.45, 2.75) is 89.8 Å². The van der Waals surface area contributed by atoms with Crippen molar-refractivity contribution in [3.05, 3.63) is 69.7 Å². The molecule has 9 heteroatoms. The number of benzene rings is 2. The van der Waals surface area contributed by atoms with E-state index in [4.69, 9.17) is 9.16 Å². The Morgan fingerprint density at radius 3 is 2.02 bits per heavy atom. The molecule has 0 aliphatic carbocycles. The van der Waals surface area contributed by atoms with Crippen molar-refractivity contribution in [2.75, 3.05) is 13.1 Å². The molecule has 7 nitrogen and oxygen atoms in total. The second-order valence-electron chi connectivity index (χ2n) is 13.6. The number of hydrogen-bond donors (Lipinski definition) is 0. The van der Waals surface area contributed by atoms with E-state index in [1.807, 2.05) is 45.0 Å². The topological polar surface area (TPSA) is 76.2 Å². The smallest absolute Gasteiger partial charge is 0.410 e. The first-order valence-corrected chi connectivity index (χ1v) is 17.5. The highest BCUT2D eigenvalue weighted by molar-refractivity contribution is 9.10. The van der Waals surface area contributed by atoms with Gasteiger partial charge in [-0.3, -0.25) is 19.4 Å². The number of imide groups is 1. The number of rotatable bonds is 6. The van der Waals surface area contributed by atoms with Crippen molar-refractivity contribution in [1.82, 2.24) is 9.80 Å². The Bertz CT molecular complexity index is 1260.